The number of hydrogen-bond acceptors (Lipinski definition) is 2. The van der Waals surface area contributed by atoms with E-state index in [1.165, 1.54) is 89.5 Å². The van der Waals surface area contributed by atoms with Crippen LogP contribution in [-0.2, 0) is 21.7 Å². The molecule has 0 amide bonds. The van der Waals surface area contributed by atoms with Crippen LogP contribution in [0.15, 0.2) is 170 Å². The van der Waals surface area contributed by atoms with Crippen molar-refractivity contribution >= 4 is 34.1 Å². The average Bonchev–Trinajstić information content (AvgIpc) is 3.51. The molecule has 2 unspecified atom stereocenters. The first-order valence-electron chi connectivity index (χ1n) is 22.6. The van der Waals surface area contributed by atoms with Crippen molar-refractivity contribution in [1.29, 1.82) is 0 Å². The highest BCUT2D eigenvalue weighted by Gasteiger charge is 2.52. The van der Waals surface area contributed by atoms with Crippen LogP contribution in [0.3, 0.4) is 0 Å². The zero-order chi connectivity index (χ0) is 42.5. The van der Waals surface area contributed by atoms with Gasteiger partial charge in [-0.25, -0.2) is 0 Å². The lowest BCUT2D eigenvalue weighted by Crippen LogP contribution is -2.43. The maximum atomic E-state index is 2.68. The van der Waals surface area contributed by atoms with Crippen LogP contribution in [-0.4, -0.2) is 0 Å². The molecule has 7 aromatic rings. The third-order valence-electron chi connectivity index (χ3n) is 15.9. The zero-order valence-electron chi connectivity index (χ0n) is 37.2. The molecule has 62 heavy (non-hydrogen) atoms. The molecule has 0 N–H and O–H groups in total. The monoisotopic (exact) mass is 802 g/mol. The molecular weight excluding hydrogens is 749 g/mol. The van der Waals surface area contributed by atoms with Gasteiger partial charge in [0.1, 0.15) is 0 Å². The molecule has 0 aromatic heterocycles. The van der Waals surface area contributed by atoms with Crippen molar-refractivity contribution in [2.24, 2.45) is 5.92 Å². The van der Waals surface area contributed by atoms with Crippen molar-refractivity contribution in [1.82, 2.24) is 0 Å². The maximum absolute atomic E-state index is 2.68. The second-order valence-electron chi connectivity index (χ2n) is 20.7. The van der Waals surface area contributed by atoms with E-state index in [0.717, 1.165) is 11.4 Å². The Kier molecular flexibility index (Phi) is 7.60. The summed E-state index contributed by atoms with van der Waals surface area (Å²) in [6.07, 6.45) is 9.25. The van der Waals surface area contributed by atoms with Gasteiger partial charge in [-0.1, -0.05) is 165 Å². The molecule has 2 heteroatoms. The predicted molar refractivity (Wildman–Crippen MR) is 261 cm³/mol. The Bertz CT molecular complexity index is 3070. The highest BCUT2D eigenvalue weighted by atomic mass is 15.2. The van der Waals surface area contributed by atoms with Crippen LogP contribution in [0.1, 0.15) is 106 Å². The van der Waals surface area contributed by atoms with E-state index in [2.05, 4.69) is 235 Å². The first-order chi connectivity index (χ1) is 29.8. The molecule has 5 aliphatic rings. The first-order valence-corrected chi connectivity index (χ1v) is 22.6. The van der Waals surface area contributed by atoms with E-state index in [1.807, 2.05) is 0 Å². The van der Waals surface area contributed by atoms with Gasteiger partial charge in [0, 0.05) is 39.2 Å². The van der Waals surface area contributed by atoms with Crippen molar-refractivity contribution in [2.75, 3.05) is 9.80 Å². The summed E-state index contributed by atoms with van der Waals surface area (Å²) in [5, 5.41) is 0. The molecule has 7 aromatic carbocycles. The van der Waals surface area contributed by atoms with Gasteiger partial charge in [-0.3, -0.25) is 0 Å². The Morgan fingerprint density at radius 2 is 0.855 bits per heavy atom. The van der Waals surface area contributed by atoms with Crippen LogP contribution in [0, 0.1) is 5.92 Å². The molecule has 2 atom stereocenters. The van der Waals surface area contributed by atoms with E-state index in [4.69, 9.17) is 0 Å². The standard InChI is InChI=1S/C60H54N2/c1-57(2)46-23-16-15-22-44(46)45-31-30-43(36-49(45)57)61(41-20-13-10-14-21-41)42-28-26-38(27-29-42)40-34-51-56-53(35-40)60(7,8)52-33-39(37-18-11-9-12-19-37)32-50-55(52)62(56)54-47(58(50,3)4)24-17-25-48(54)59(51,5)6/h9-36,44,46H,1-8H3. The first kappa shape index (κ1) is 37.4. The SMILES string of the molecule is CC1(C)c2cccc3c2N2c4c1cc(-c1ccccc1)cc4C(C)(C)c1cc(-c4ccc(N(c5ccccc5)c5ccc6c(c5)C(C)(C)C5C=CC=CC65)cc4)cc(c12)C3(C)C. The largest absolute Gasteiger partial charge is 0.310 e. The van der Waals surface area contributed by atoms with E-state index >= 15 is 0 Å². The minimum absolute atomic E-state index is 0.0372. The van der Waals surface area contributed by atoms with Crippen molar-refractivity contribution < 1.29 is 0 Å². The minimum atomic E-state index is -0.254. The average molecular weight is 803 g/mol. The number of fused-ring (bicyclic) bond motifs is 3. The topological polar surface area (TPSA) is 6.48 Å². The minimum Gasteiger partial charge on any atom is -0.310 e. The Labute approximate surface area is 367 Å². The fraction of sp³-hybridized carbons (Fsp3) is 0.233. The molecular formula is C60H54N2. The summed E-state index contributed by atoms with van der Waals surface area (Å²) >= 11 is 0. The van der Waals surface area contributed by atoms with Crippen LogP contribution in [0.4, 0.5) is 34.1 Å². The zero-order valence-corrected chi connectivity index (χ0v) is 37.2. The summed E-state index contributed by atoms with van der Waals surface area (Å²) in [6, 6.07) is 55.5. The normalized spacial score (nSPS) is 20.3. The van der Waals surface area contributed by atoms with E-state index < -0.39 is 0 Å². The molecule has 2 nitrogen and oxygen atoms in total. The molecule has 3 aliphatic heterocycles. The highest BCUT2D eigenvalue weighted by molar-refractivity contribution is 6.00. The second-order valence-corrected chi connectivity index (χ2v) is 20.7. The van der Waals surface area contributed by atoms with E-state index in [0.29, 0.717) is 11.8 Å². The quantitative estimate of drug-likeness (QED) is 0.171. The Morgan fingerprint density at radius 1 is 0.387 bits per heavy atom. The summed E-state index contributed by atoms with van der Waals surface area (Å²) in [7, 11) is 0. The van der Waals surface area contributed by atoms with Gasteiger partial charge in [0.2, 0.25) is 0 Å². The van der Waals surface area contributed by atoms with Crippen molar-refractivity contribution in [3.63, 3.8) is 0 Å². The van der Waals surface area contributed by atoms with E-state index in [1.54, 1.807) is 0 Å². The molecule has 0 saturated heterocycles. The summed E-state index contributed by atoms with van der Waals surface area (Å²) < 4.78 is 0. The van der Waals surface area contributed by atoms with Crippen LogP contribution >= 0.6 is 0 Å². The van der Waals surface area contributed by atoms with Gasteiger partial charge in [0.15, 0.2) is 0 Å². The van der Waals surface area contributed by atoms with Crippen LogP contribution in [0.5, 0.6) is 0 Å². The second kappa shape index (κ2) is 12.6. The number of benzene rings is 7. The smallest absolute Gasteiger partial charge is 0.0544 e. The summed E-state index contributed by atoms with van der Waals surface area (Å²) in [4.78, 5) is 5.11. The number of hydrogen-bond donors (Lipinski definition) is 0. The van der Waals surface area contributed by atoms with Gasteiger partial charge in [0.05, 0.1) is 17.1 Å². The van der Waals surface area contributed by atoms with Gasteiger partial charge < -0.3 is 9.80 Å². The maximum Gasteiger partial charge on any atom is 0.0544 e. The molecule has 0 radical (unpaired) electrons. The fourth-order valence-electron chi connectivity index (χ4n) is 12.3. The molecule has 12 rings (SSSR count). The summed E-state index contributed by atoms with van der Waals surface area (Å²) in [5.74, 6) is 0.900. The number of nitrogens with zero attached hydrogens (tertiary/aromatic N) is 2. The molecule has 0 saturated carbocycles. The van der Waals surface area contributed by atoms with Gasteiger partial charge in [-0.2, -0.15) is 0 Å². The molecule has 3 heterocycles. The van der Waals surface area contributed by atoms with Gasteiger partial charge in [-0.05, 0) is 139 Å². The van der Waals surface area contributed by atoms with Crippen molar-refractivity contribution in [2.45, 2.75) is 83.0 Å². The lowest BCUT2D eigenvalue weighted by molar-refractivity contribution is 0.394. The number of anilines is 6. The van der Waals surface area contributed by atoms with Crippen molar-refractivity contribution in [3.8, 4) is 22.3 Å². The predicted octanol–water partition coefficient (Wildman–Crippen LogP) is 16.0. The molecule has 304 valence electrons. The molecule has 0 fully saturated rings. The number of para-hydroxylation sites is 2. The third kappa shape index (κ3) is 4.93. The summed E-state index contributed by atoms with van der Waals surface area (Å²) in [6.45, 7) is 19.5. The van der Waals surface area contributed by atoms with Crippen LogP contribution in [0.2, 0.25) is 0 Å². The Morgan fingerprint density at radius 3 is 1.44 bits per heavy atom. The lowest BCUT2D eigenvalue weighted by atomic mass is 9.60. The molecule has 2 aliphatic carbocycles. The lowest BCUT2D eigenvalue weighted by Gasteiger charge is -2.55. The summed E-state index contributed by atoms with van der Waals surface area (Å²) in [5.41, 5.74) is 23.4. The van der Waals surface area contributed by atoms with E-state index in [-0.39, 0.29) is 21.7 Å². The third-order valence-corrected chi connectivity index (χ3v) is 15.9. The molecule has 0 spiro atoms. The van der Waals surface area contributed by atoms with Crippen LogP contribution < -0.4 is 9.80 Å². The van der Waals surface area contributed by atoms with Gasteiger partial charge >= 0.3 is 0 Å². The number of allylic oxidation sites excluding steroid dienone is 4. The number of rotatable bonds is 5. The Hall–Kier alpha value is -6.38. The molecule has 0 bridgehead atoms. The highest BCUT2D eigenvalue weighted by Crippen LogP contribution is 2.67. The van der Waals surface area contributed by atoms with Crippen molar-refractivity contribution in [3.05, 3.63) is 214 Å². The Balaban J connectivity index is 1.02. The fourth-order valence-corrected chi connectivity index (χ4v) is 12.3. The van der Waals surface area contributed by atoms with E-state index in [9.17, 15) is 0 Å². The van der Waals surface area contributed by atoms with Gasteiger partial charge in [0.25, 0.3) is 0 Å². The van der Waals surface area contributed by atoms with Crippen LogP contribution in [0.25, 0.3) is 22.3 Å². The van der Waals surface area contributed by atoms with Gasteiger partial charge in [-0.15, -0.1) is 0 Å².